The lowest BCUT2D eigenvalue weighted by Gasteiger charge is -2.43. The number of nitrogens with one attached hydrogen (secondary N) is 1. The van der Waals surface area contributed by atoms with Gasteiger partial charge in [0.05, 0.1) is 16.8 Å². The lowest BCUT2D eigenvalue weighted by Crippen LogP contribution is -2.61. The lowest BCUT2D eigenvalue weighted by atomic mass is 9.83. The summed E-state index contributed by atoms with van der Waals surface area (Å²) in [5.74, 6) is 0.980. The molecule has 1 aromatic carbocycles. The third-order valence-electron chi connectivity index (χ3n) is 7.51. The predicted molar refractivity (Wildman–Crippen MR) is 146 cm³/mol. The van der Waals surface area contributed by atoms with E-state index in [1.165, 1.54) is 0 Å². The lowest BCUT2D eigenvalue weighted by molar-refractivity contribution is 0.00237. The number of ether oxygens (including phenoxy) is 1. The zero-order valence-corrected chi connectivity index (χ0v) is 23.2. The van der Waals surface area contributed by atoms with E-state index in [0.29, 0.717) is 46.0 Å². The van der Waals surface area contributed by atoms with Gasteiger partial charge in [-0.2, -0.15) is 0 Å². The van der Waals surface area contributed by atoms with E-state index in [-0.39, 0.29) is 29.5 Å². The molecule has 194 valence electrons. The monoisotopic (exact) mass is 531 g/mol. The largest absolute Gasteiger partial charge is 0.485 e. The van der Waals surface area contributed by atoms with Crippen molar-refractivity contribution in [2.75, 3.05) is 51.2 Å². The Morgan fingerprint density at radius 2 is 1.86 bits per heavy atom. The van der Waals surface area contributed by atoms with Crippen molar-refractivity contribution in [3.05, 3.63) is 39.9 Å². The smallest absolute Gasteiger partial charge is 0.261 e. The second-order valence-corrected chi connectivity index (χ2v) is 12.0. The van der Waals surface area contributed by atoms with Gasteiger partial charge < -0.3 is 24.8 Å². The number of pyridine rings is 1. The number of nitrogens with zero attached hydrogens (tertiary/aromatic N) is 4. The van der Waals surface area contributed by atoms with Crippen LogP contribution in [0.2, 0.25) is 10.0 Å². The van der Waals surface area contributed by atoms with E-state index in [1.807, 2.05) is 29.2 Å². The van der Waals surface area contributed by atoms with Gasteiger partial charge in [-0.1, -0.05) is 62.2 Å². The van der Waals surface area contributed by atoms with Gasteiger partial charge in [0.1, 0.15) is 22.5 Å². The molecular formula is C27H35Cl2N5O2. The molecule has 0 saturated carbocycles. The van der Waals surface area contributed by atoms with E-state index in [2.05, 4.69) is 49.9 Å². The molecular weight excluding hydrogens is 497 g/mol. The van der Waals surface area contributed by atoms with Gasteiger partial charge in [-0.25, -0.2) is 4.98 Å². The van der Waals surface area contributed by atoms with Crippen molar-refractivity contribution in [3.8, 4) is 17.0 Å². The van der Waals surface area contributed by atoms with Crippen LogP contribution in [0, 0.1) is 5.41 Å². The van der Waals surface area contributed by atoms with Crippen LogP contribution in [0.25, 0.3) is 11.3 Å². The second kappa shape index (κ2) is 9.67. The first-order valence-corrected chi connectivity index (χ1v) is 13.5. The molecule has 2 aromatic rings. The van der Waals surface area contributed by atoms with Gasteiger partial charge in [0, 0.05) is 56.3 Å². The zero-order chi connectivity index (χ0) is 25.8. The molecule has 9 heteroatoms. The average molecular weight is 533 g/mol. The van der Waals surface area contributed by atoms with E-state index in [4.69, 9.17) is 32.9 Å². The van der Waals surface area contributed by atoms with Crippen molar-refractivity contribution in [2.45, 2.75) is 45.9 Å². The van der Waals surface area contributed by atoms with Gasteiger partial charge in [0.2, 0.25) is 0 Å². The van der Waals surface area contributed by atoms with Crippen LogP contribution in [-0.2, 0) is 0 Å². The van der Waals surface area contributed by atoms with Gasteiger partial charge in [0.25, 0.3) is 5.91 Å². The van der Waals surface area contributed by atoms with E-state index < -0.39 is 0 Å². The number of amides is 1. The van der Waals surface area contributed by atoms with Crippen molar-refractivity contribution in [1.29, 1.82) is 0 Å². The first-order valence-electron chi connectivity index (χ1n) is 12.7. The normalized spacial score (nSPS) is 25.2. The Labute approximate surface area is 223 Å². The number of fused-ring (bicyclic) bond motifs is 2. The molecule has 2 fully saturated rings. The number of carbonyl (C=O) groups is 1. The molecule has 1 aromatic heterocycles. The maximum atomic E-state index is 14.3. The average Bonchev–Trinajstić information content (AvgIpc) is 2.96. The number of hydrogen-bond acceptors (Lipinski definition) is 6. The Hall–Kier alpha value is -2.06. The third-order valence-corrected chi connectivity index (χ3v) is 8.19. The van der Waals surface area contributed by atoms with Crippen LogP contribution in [0.5, 0.6) is 5.75 Å². The van der Waals surface area contributed by atoms with E-state index >= 15 is 0 Å². The number of halogens is 2. The van der Waals surface area contributed by atoms with Crippen LogP contribution >= 0.6 is 23.2 Å². The highest BCUT2D eigenvalue weighted by Gasteiger charge is 2.47. The highest BCUT2D eigenvalue weighted by molar-refractivity contribution is 6.37. The van der Waals surface area contributed by atoms with Crippen LogP contribution < -0.4 is 15.0 Å². The van der Waals surface area contributed by atoms with Crippen molar-refractivity contribution in [3.63, 3.8) is 0 Å². The summed E-state index contributed by atoms with van der Waals surface area (Å²) < 4.78 is 6.83. The minimum absolute atomic E-state index is 0.0653. The van der Waals surface area contributed by atoms with Crippen molar-refractivity contribution in [2.24, 2.45) is 5.41 Å². The van der Waals surface area contributed by atoms with Gasteiger partial charge in [-0.3, -0.25) is 4.79 Å². The molecule has 1 N–H and O–H groups in total. The van der Waals surface area contributed by atoms with Gasteiger partial charge in [-0.15, -0.1) is 0 Å². The summed E-state index contributed by atoms with van der Waals surface area (Å²) in [4.78, 5) is 25.9. The minimum atomic E-state index is -0.257. The van der Waals surface area contributed by atoms with Crippen molar-refractivity contribution < 1.29 is 9.53 Å². The Morgan fingerprint density at radius 3 is 2.56 bits per heavy atom. The molecule has 2 saturated heterocycles. The fourth-order valence-electron chi connectivity index (χ4n) is 5.68. The van der Waals surface area contributed by atoms with Crippen LogP contribution in [0.3, 0.4) is 0 Å². The van der Waals surface area contributed by atoms with E-state index in [9.17, 15) is 4.79 Å². The number of likely N-dealkylation sites (N-methyl/N-ethyl adjacent to an activating group) is 1. The number of carbonyl (C=O) groups excluding carboxylic acids is 1. The number of rotatable bonds is 2. The maximum Gasteiger partial charge on any atom is 0.261 e. The number of aromatic nitrogens is 1. The second-order valence-electron chi connectivity index (χ2n) is 11.3. The van der Waals surface area contributed by atoms with E-state index in [1.54, 1.807) is 0 Å². The number of anilines is 1. The van der Waals surface area contributed by atoms with Gasteiger partial charge in [-0.05, 0) is 20.0 Å². The Balaban J connectivity index is 1.78. The highest BCUT2D eigenvalue weighted by Crippen LogP contribution is 2.47. The van der Waals surface area contributed by atoms with Crippen LogP contribution in [-0.4, -0.2) is 85.2 Å². The standard InChI is InChI=1S/C27H35Cl2N5O2/c1-16-15-32(5)12-13-33(16)25-20-23(21(29)22(31-25)17-8-6-7-9-18(17)28)36-24(27(2,3)4)19-14-30-10-11-34(19)26(20)35/h6-9,16,19,24,30H,10-15H2,1-5H3/t16-,19?,24-/m0/s1. The van der Waals surface area contributed by atoms with Crippen molar-refractivity contribution >= 4 is 34.9 Å². The summed E-state index contributed by atoms with van der Waals surface area (Å²) in [6, 6.07) is 7.58. The fraction of sp³-hybridized carbons (Fsp3) is 0.556. The zero-order valence-electron chi connectivity index (χ0n) is 21.6. The molecule has 0 bridgehead atoms. The molecule has 0 spiro atoms. The summed E-state index contributed by atoms with van der Waals surface area (Å²) in [6.07, 6.45) is -0.257. The first kappa shape index (κ1) is 25.6. The highest BCUT2D eigenvalue weighted by atomic mass is 35.5. The van der Waals surface area contributed by atoms with Crippen LogP contribution in [0.4, 0.5) is 5.82 Å². The Morgan fingerprint density at radius 1 is 1.11 bits per heavy atom. The van der Waals surface area contributed by atoms with Gasteiger partial charge in [0.15, 0.2) is 5.75 Å². The van der Waals surface area contributed by atoms with E-state index in [0.717, 1.165) is 31.7 Å². The van der Waals surface area contributed by atoms with Crippen molar-refractivity contribution in [1.82, 2.24) is 20.1 Å². The molecule has 4 heterocycles. The summed E-state index contributed by atoms with van der Waals surface area (Å²) in [5, 5.41) is 4.34. The molecule has 1 unspecified atom stereocenters. The Kier molecular flexibility index (Phi) is 6.87. The molecule has 3 atom stereocenters. The quantitative estimate of drug-likeness (QED) is 0.618. The van der Waals surface area contributed by atoms with Crippen LogP contribution in [0.1, 0.15) is 38.1 Å². The molecule has 3 aliphatic heterocycles. The Bertz CT molecular complexity index is 1170. The fourth-order valence-corrected chi connectivity index (χ4v) is 6.19. The minimum Gasteiger partial charge on any atom is -0.485 e. The molecule has 1 amide bonds. The summed E-state index contributed by atoms with van der Waals surface area (Å²) >= 11 is 13.7. The summed E-state index contributed by atoms with van der Waals surface area (Å²) in [5.41, 5.74) is 1.50. The molecule has 0 radical (unpaired) electrons. The maximum absolute atomic E-state index is 14.3. The molecule has 5 rings (SSSR count). The molecule has 0 aliphatic carbocycles. The molecule has 3 aliphatic rings. The van der Waals surface area contributed by atoms with Crippen LogP contribution in [0.15, 0.2) is 24.3 Å². The summed E-state index contributed by atoms with van der Waals surface area (Å²) in [6.45, 7) is 13.1. The molecule has 36 heavy (non-hydrogen) atoms. The summed E-state index contributed by atoms with van der Waals surface area (Å²) in [7, 11) is 2.12. The predicted octanol–water partition coefficient (Wildman–Crippen LogP) is 4.42. The topological polar surface area (TPSA) is 60.9 Å². The number of piperazine rings is 2. The SMILES string of the molecule is C[C@H]1CN(C)CCN1c1nc(-c2ccccc2Cl)c(Cl)c2c1C(=O)N1CCNCC1[C@@H](C(C)(C)C)O2. The molecule has 7 nitrogen and oxygen atoms in total. The first-order chi connectivity index (χ1) is 17.1. The third kappa shape index (κ3) is 4.44. The number of hydrogen-bond donors (Lipinski definition) is 1. The number of benzene rings is 1. The van der Waals surface area contributed by atoms with Gasteiger partial charge >= 0.3 is 0 Å².